The van der Waals surface area contributed by atoms with Crippen LogP contribution in [0.4, 0.5) is 11.9 Å². The molecule has 1 aliphatic rings. The van der Waals surface area contributed by atoms with Crippen LogP contribution >= 0.6 is 0 Å². The van der Waals surface area contributed by atoms with E-state index in [1.807, 2.05) is 16.8 Å². The number of nitrogen functional groups attached to an aromatic ring is 1. The molecule has 0 fully saturated rings. The number of aromatic nitrogens is 3. The van der Waals surface area contributed by atoms with Crippen molar-refractivity contribution in [1.29, 1.82) is 0 Å². The summed E-state index contributed by atoms with van der Waals surface area (Å²) in [5.41, 5.74) is 9.57. The van der Waals surface area contributed by atoms with E-state index in [2.05, 4.69) is 58.7 Å². The number of hydrogen-bond donors (Lipinski definition) is 2. The summed E-state index contributed by atoms with van der Waals surface area (Å²) in [4.78, 5) is 4.37. The molecular formula is C20H23N5O. The summed E-state index contributed by atoms with van der Waals surface area (Å²) in [5, 5.41) is 7.88. The summed E-state index contributed by atoms with van der Waals surface area (Å²) in [5.74, 6) is 1.81. The van der Waals surface area contributed by atoms with E-state index < -0.39 is 0 Å². The molecule has 6 heteroatoms. The van der Waals surface area contributed by atoms with Gasteiger partial charge in [0.05, 0.1) is 19.2 Å². The van der Waals surface area contributed by atoms with Gasteiger partial charge in [-0.25, -0.2) is 4.68 Å². The van der Waals surface area contributed by atoms with Crippen molar-refractivity contribution in [3.8, 4) is 5.75 Å². The molecule has 4 rings (SSSR count). The maximum Gasteiger partial charge on any atom is 0.241 e. The van der Waals surface area contributed by atoms with Crippen molar-refractivity contribution in [2.75, 3.05) is 18.2 Å². The van der Waals surface area contributed by atoms with E-state index in [1.165, 1.54) is 11.1 Å². The zero-order valence-corrected chi connectivity index (χ0v) is 15.0. The first kappa shape index (κ1) is 16.4. The average Bonchev–Trinajstić information content (AvgIpc) is 3.07. The predicted octanol–water partition coefficient (Wildman–Crippen LogP) is 3.58. The highest BCUT2D eigenvalue weighted by Crippen LogP contribution is 2.38. The molecule has 6 nitrogen and oxygen atoms in total. The molecule has 0 aliphatic carbocycles. The van der Waals surface area contributed by atoms with Gasteiger partial charge in [-0.15, -0.1) is 5.10 Å². The summed E-state index contributed by atoms with van der Waals surface area (Å²) in [6, 6.07) is 17.0. The van der Waals surface area contributed by atoms with Crippen molar-refractivity contribution < 1.29 is 4.74 Å². The summed E-state index contributed by atoms with van der Waals surface area (Å²) in [7, 11) is 1.68. The molecule has 0 saturated carbocycles. The number of hydrogen-bond acceptors (Lipinski definition) is 5. The number of nitrogens with zero attached hydrogens (tertiary/aromatic N) is 3. The molecule has 2 aromatic carbocycles. The smallest absolute Gasteiger partial charge is 0.241 e. The fraction of sp³-hybridized carbons (Fsp3) is 0.300. The normalized spacial score (nSPS) is 18.8. The third-order valence-corrected chi connectivity index (χ3v) is 4.97. The third-order valence-electron chi connectivity index (χ3n) is 4.97. The summed E-state index contributed by atoms with van der Waals surface area (Å²) in [6.07, 6.45) is 1.89. The van der Waals surface area contributed by atoms with Gasteiger partial charge in [-0.05, 0) is 41.7 Å². The molecule has 3 N–H and O–H groups in total. The number of ether oxygens (including phenoxy) is 1. The molecule has 0 amide bonds. The second-order valence-corrected chi connectivity index (χ2v) is 6.56. The first-order chi connectivity index (χ1) is 12.7. The lowest BCUT2D eigenvalue weighted by atomic mass is 9.92. The van der Waals surface area contributed by atoms with Gasteiger partial charge in [-0.3, -0.25) is 0 Å². The van der Waals surface area contributed by atoms with Crippen LogP contribution in [0.25, 0.3) is 0 Å². The molecule has 0 spiro atoms. The molecule has 2 heterocycles. The summed E-state index contributed by atoms with van der Waals surface area (Å²) in [6.45, 7) is 2.16. The third kappa shape index (κ3) is 2.98. The largest absolute Gasteiger partial charge is 0.497 e. The van der Waals surface area contributed by atoms with Crippen molar-refractivity contribution in [3.05, 3.63) is 65.2 Å². The molecule has 2 atom stereocenters. The zero-order valence-electron chi connectivity index (χ0n) is 15.0. The van der Waals surface area contributed by atoms with Crippen LogP contribution in [-0.2, 0) is 6.42 Å². The first-order valence-corrected chi connectivity index (χ1v) is 8.89. The Labute approximate surface area is 153 Å². The molecule has 3 aromatic rings. The van der Waals surface area contributed by atoms with Crippen LogP contribution in [0.1, 0.15) is 42.1 Å². The number of benzene rings is 2. The number of nitrogens with two attached hydrogens (primary N) is 1. The van der Waals surface area contributed by atoms with Crippen molar-refractivity contribution in [1.82, 2.24) is 14.8 Å². The molecule has 0 radical (unpaired) electrons. The number of rotatable bonds is 4. The van der Waals surface area contributed by atoms with Crippen LogP contribution in [0.15, 0.2) is 48.5 Å². The lowest BCUT2D eigenvalue weighted by molar-refractivity contribution is 0.406. The van der Waals surface area contributed by atoms with E-state index in [0.717, 1.165) is 24.2 Å². The lowest BCUT2D eigenvalue weighted by Crippen LogP contribution is -2.28. The number of anilines is 2. The van der Waals surface area contributed by atoms with Crippen LogP contribution in [0.2, 0.25) is 0 Å². The minimum absolute atomic E-state index is 0.0435. The van der Waals surface area contributed by atoms with E-state index in [9.17, 15) is 0 Å². The molecule has 0 bridgehead atoms. The number of nitrogens with one attached hydrogen (secondary N) is 1. The van der Waals surface area contributed by atoms with Gasteiger partial charge in [0, 0.05) is 0 Å². The standard InChI is InChI=1S/C20H23N5O/c1-3-13-7-9-14(10-8-13)17-12-18(15-5-4-6-16(11-15)26-2)25-20(22-17)23-19(21)24-25/h4-11,17-18H,3,12H2,1-2H3,(H3,21,22,23,24)/t17-,18+/m0/s1. The van der Waals surface area contributed by atoms with Crippen LogP contribution < -0.4 is 15.8 Å². The zero-order chi connectivity index (χ0) is 18.1. The van der Waals surface area contributed by atoms with Crippen molar-refractivity contribution in [3.63, 3.8) is 0 Å². The Bertz CT molecular complexity index is 903. The Kier molecular flexibility index (Phi) is 4.24. The molecular weight excluding hydrogens is 326 g/mol. The van der Waals surface area contributed by atoms with Gasteiger partial charge in [0.2, 0.25) is 11.9 Å². The monoisotopic (exact) mass is 349 g/mol. The Morgan fingerprint density at radius 1 is 1.19 bits per heavy atom. The van der Waals surface area contributed by atoms with Crippen LogP contribution in [0, 0.1) is 0 Å². The Morgan fingerprint density at radius 2 is 2.00 bits per heavy atom. The SMILES string of the molecule is CCc1ccc([C@@H]2C[C@H](c3cccc(OC)c3)n3nc(N)nc3N2)cc1. The van der Waals surface area contributed by atoms with E-state index in [-0.39, 0.29) is 18.0 Å². The highest BCUT2D eigenvalue weighted by molar-refractivity contribution is 5.43. The van der Waals surface area contributed by atoms with Gasteiger partial charge in [0.15, 0.2) is 0 Å². The Hall–Kier alpha value is -3.02. The molecule has 26 heavy (non-hydrogen) atoms. The van der Waals surface area contributed by atoms with Crippen LogP contribution in [-0.4, -0.2) is 21.9 Å². The predicted molar refractivity (Wildman–Crippen MR) is 102 cm³/mol. The molecule has 134 valence electrons. The van der Waals surface area contributed by atoms with E-state index >= 15 is 0 Å². The molecule has 1 aliphatic heterocycles. The van der Waals surface area contributed by atoms with Crippen LogP contribution in [0.5, 0.6) is 5.75 Å². The van der Waals surface area contributed by atoms with Gasteiger partial charge < -0.3 is 15.8 Å². The van der Waals surface area contributed by atoms with Crippen LogP contribution in [0.3, 0.4) is 0 Å². The van der Waals surface area contributed by atoms with Crippen molar-refractivity contribution in [2.24, 2.45) is 0 Å². The minimum Gasteiger partial charge on any atom is -0.497 e. The fourth-order valence-electron chi connectivity index (χ4n) is 3.52. The molecule has 0 saturated heterocycles. The van der Waals surface area contributed by atoms with Crippen molar-refractivity contribution >= 4 is 11.9 Å². The van der Waals surface area contributed by atoms with Crippen molar-refractivity contribution in [2.45, 2.75) is 31.8 Å². The second kappa shape index (κ2) is 6.71. The molecule has 1 aromatic heterocycles. The topological polar surface area (TPSA) is 78.0 Å². The Morgan fingerprint density at radius 3 is 2.73 bits per heavy atom. The average molecular weight is 349 g/mol. The van der Waals surface area contributed by atoms with Gasteiger partial charge >= 0.3 is 0 Å². The van der Waals surface area contributed by atoms with E-state index in [0.29, 0.717) is 5.95 Å². The van der Waals surface area contributed by atoms with E-state index in [1.54, 1.807) is 7.11 Å². The van der Waals surface area contributed by atoms with E-state index in [4.69, 9.17) is 10.5 Å². The highest BCUT2D eigenvalue weighted by Gasteiger charge is 2.31. The maximum absolute atomic E-state index is 5.87. The maximum atomic E-state index is 5.87. The van der Waals surface area contributed by atoms with Gasteiger partial charge in [0.1, 0.15) is 5.75 Å². The summed E-state index contributed by atoms with van der Waals surface area (Å²) >= 11 is 0. The fourth-order valence-corrected chi connectivity index (χ4v) is 3.52. The Balaban J connectivity index is 1.72. The summed E-state index contributed by atoms with van der Waals surface area (Å²) < 4.78 is 7.27. The second-order valence-electron chi connectivity index (χ2n) is 6.56. The number of aryl methyl sites for hydroxylation is 1. The molecule has 0 unspecified atom stereocenters. The van der Waals surface area contributed by atoms with Gasteiger partial charge in [0.25, 0.3) is 0 Å². The first-order valence-electron chi connectivity index (χ1n) is 8.89. The lowest BCUT2D eigenvalue weighted by Gasteiger charge is -2.32. The van der Waals surface area contributed by atoms with Gasteiger partial charge in [-0.1, -0.05) is 43.3 Å². The number of methoxy groups -OCH3 is 1. The highest BCUT2D eigenvalue weighted by atomic mass is 16.5. The van der Waals surface area contributed by atoms with Gasteiger partial charge in [-0.2, -0.15) is 4.98 Å². The minimum atomic E-state index is 0.0435. The quantitative estimate of drug-likeness (QED) is 0.753. The number of fused-ring (bicyclic) bond motifs is 1.